The highest BCUT2D eigenvalue weighted by Crippen LogP contribution is 2.67. The molecule has 390 valence electrons. The van der Waals surface area contributed by atoms with Crippen molar-refractivity contribution in [1.29, 1.82) is 0 Å². The summed E-state index contributed by atoms with van der Waals surface area (Å²) in [7, 11) is 4.71. The summed E-state index contributed by atoms with van der Waals surface area (Å²) in [6.07, 6.45) is 4.92. The van der Waals surface area contributed by atoms with Gasteiger partial charge in [-0.25, -0.2) is 10.2 Å². The van der Waals surface area contributed by atoms with Crippen molar-refractivity contribution in [2.45, 2.75) is 112 Å². The lowest BCUT2D eigenvalue weighted by molar-refractivity contribution is -0.203. The largest absolute Gasteiger partial charge is 0.496 e. The number of aliphatic hydroxyl groups is 3. The molecule has 3 fully saturated rings. The van der Waals surface area contributed by atoms with E-state index in [1.807, 2.05) is 55.2 Å². The van der Waals surface area contributed by atoms with E-state index < -0.39 is 81.3 Å². The Morgan fingerprint density at radius 1 is 1.03 bits per heavy atom. The maximum absolute atomic E-state index is 15.3. The molecule has 7 heterocycles. The number of H-pyrrole nitrogens is 2. The van der Waals surface area contributed by atoms with Crippen LogP contribution in [0.15, 0.2) is 75.5 Å². The Hall–Kier alpha value is -6.00. The van der Waals surface area contributed by atoms with E-state index in [1.165, 1.54) is 14.0 Å². The number of hydrogen-bond donors (Lipinski definition) is 6. The number of aromatic amines is 2. The fraction of sp³-hybridized carbons (Fsp3) is 0.547. The van der Waals surface area contributed by atoms with Gasteiger partial charge in [-0.15, -0.1) is 0 Å². The van der Waals surface area contributed by atoms with Gasteiger partial charge < -0.3 is 48.9 Å². The van der Waals surface area contributed by atoms with Crippen LogP contribution in [-0.4, -0.2) is 160 Å². The third kappa shape index (κ3) is 7.73. The number of carbonyl (C=O) groups excluding carboxylic acids is 3. The second-order valence-corrected chi connectivity index (χ2v) is 21.0. The molecule has 2 aromatic carbocycles. The van der Waals surface area contributed by atoms with E-state index in [2.05, 4.69) is 42.4 Å². The lowest BCUT2D eigenvalue weighted by Crippen LogP contribution is -2.81. The summed E-state index contributed by atoms with van der Waals surface area (Å²) in [5, 5.41) is 43.9. The molecule has 6 aliphatic rings. The van der Waals surface area contributed by atoms with Crippen LogP contribution in [0.5, 0.6) is 5.75 Å². The van der Waals surface area contributed by atoms with Crippen LogP contribution in [0.3, 0.4) is 0 Å². The molecule has 1 amide bonds. The minimum Gasteiger partial charge on any atom is -0.496 e. The summed E-state index contributed by atoms with van der Waals surface area (Å²) in [4.78, 5) is 78.6. The molecule has 20 heteroatoms. The topological polar surface area (TPSA) is 254 Å². The monoisotopic (exact) mass is 1010 g/mol. The third-order valence-electron chi connectivity index (χ3n) is 17.2. The molecule has 1 saturated carbocycles. The number of para-hydroxylation sites is 1. The fourth-order valence-electron chi connectivity index (χ4n) is 14.4. The van der Waals surface area contributed by atoms with Crippen molar-refractivity contribution < 1.29 is 48.7 Å². The van der Waals surface area contributed by atoms with Crippen molar-refractivity contribution in [2.24, 2.45) is 16.4 Å². The number of esters is 1. The summed E-state index contributed by atoms with van der Waals surface area (Å²) >= 11 is 0. The van der Waals surface area contributed by atoms with Gasteiger partial charge in [-0.1, -0.05) is 44.2 Å². The van der Waals surface area contributed by atoms with Crippen LogP contribution in [0.4, 0.5) is 5.69 Å². The third-order valence-corrected chi connectivity index (χ3v) is 17.2. The zero-order valence-corrected chi connectivity index (χ0v) is 42.1. The van der Waals surface area contributed by atoms with Gasteiger partial charge in [0.1, 0.15) is 18.0 Å². The number of nitrogens with zero attached hydrogens (tertiary/aromatic N) is 5. The van der Waals surface area contributed by atoms with Crippen LogP contribution in [0.25, 0.3) is 10.9 Å². The quantitative estimate of drug-likeness (QED) is 0.0348. The number of rotatable bonds is 14. The van der Waals surface area contributed by atoms with Crippen LogP contribution >= 0.6 is 0 Å². The molecular weight excluding hydrogens is 941 g/mol. The Morgan fingerprint density at radius 2 is 1.82 bits per heavy atom. The van der Waals surface area contributed by atoms with Gasteiger partial charge in [-0.3, -0.25) is 33.7 Å². The van der Waals surface area contributed by atoms with Crippen molar-refractivity contribution in [3.63, 3.8) is 0 Å². The molecule has 4 aromatic rings. The van der Waals surface area contributed by atoms with E-state index in [-0.39, 0.29) is 12.5 Å². The molecular formula is C53H66N8O12. The number of nitrogens with one attached hydrogen (secondary N) is 3. The number of benzene rings is 2. The molecule has 2 saturated heterocycles. The minimum absolute atomic E-state index is 0.142. The van der Waals surface area contributed by atoms with Gasteiger partial charge >= 0.3 is 11.7 Å². The average molecular weight is 1010 g/mol. The molecule has 4 unspecified atom stereocenters. The molecule has 20 nitrogen and oxygen atoms in total. The lowest BCUT2D eigenvalue weighted by Gasteiger charge is -2.63. The first kappa shape index (κ1) is 50.5. The Bertz CT molecular complexity index is 3010. The van der Waals surface area contributed by atoms with E-state index in [4.69, 9.17) is 18.9 Å². The average Bonchev–Trinajstić information content (AvgIpc) is 4.03. The number of likely N-dealkylation sites (N-methyl/N-ethyl adjacent to an activating group) is 1. The van der Waals surface area contributed by atoms with E-state index in [1.54, 1.807) is 14.2 Å². The number of hydrogen-bond acceptors (Lipinski definition) is 16. The van der Waals surface area contributed by atoms with Crippen LogP contribution in [0.2, 0.25) is 0 Å². The van der Waals surface area contributed by atoms with Gasteiger partial charge in [0, 0.05) is 111 Å². The molecule has 1 spiro atoms. The smallest absolute Gasteiger partial charge is 0.330 e. The molecule has 12 atom stereocenters. The van der Waals surface area contributed by atoms with E-state index in [9.17, 15) is 34.5 Å². The number of hydrazone groups is 1. The van der Waals surface area contributed by atoms with Crippen molar-refractivity contribution in [3.05, 3.63) is 104 Å². The summed E-state index contributed by atoms with van der Waals surface area (Å²) in [6.45, 7) is 8.13. The van der Waals surface area contributed by atoms with Crippen molar-refractivity contribution in [2.75, 3.05) is 65.5 Å². The van der Waals surface area contributed by atoms with Gasteiger partial charge in [0.2, 0.25) is 0 Å². The summed E-state index contributed by atoms with van der Waals surface area (Å²) in [5.74, 6) is -1.31. The summed E-state index contributed by atoms with van der Waals surface area (Å²) in [5.41, 5.74) is -1.85. The van der Waals surface area contributed by atoms with E-state index in [0.717, 1.165) is 45.1 Å². The molecule has 5 aliphatic heterocycles. The van der Waals surface area contributed by atoms with Crippen LogP contribution in [0.1, 0.15) is 81.5 Å². The number of fused-ring (bicyclic) bond motifs is 6. The molecule has 6 N–H and O–H groups in total. The first-order chi connectivity index (χ1) is 35.0. The second kappa shape index (κ2) is 18.7. The number of amides is 1. The van der Waals surface area contributed by atoms with Crippen molar-refractivity contribution in [1.82, 2.24) is 29.8 Å². The van der Waals surface area contributed by atoms with Gasteiger partial charge in [-0.05, 0) is 67.8 Å². The Morgan fingerprint density at radius 3 is 2.53 bits per heavy atom. The summed E-state index contributed by atoms with van der Waals surface area (Å²) in [6, 6.07) is 11.5. The molecule has 2 bridgehead atoms. The van der Waals surface area contributed by atoms with Gasteiger partial charge in [0.15, 0.2) is 23.7 Å². The number of methoxy groups -OCH3 is 2. The molecule has 73 heavy (non-hydrogen) atoms. The van der Waals surface area contributed by atoms with Crippen LogP contribution < -0.4 is 26.3 Å². The lowest BCUT2D eigenvalue weighted by atomic mass is 9.47. The zero-order valence-electron chi connectivity index (χ0n) is 42.1. The molecule has 1 aliphatic carbocycles. The van der Waals surface area contributed by atoms with Crippen molar-refractivity contribution >= 4 is 41.0 Å². The van der Waals surface area contributed by atoms with Crippen molar-refractivity contribution in [3.8, 4) is 5.75 Å². The van der Waals surface area contributed by atoms with Crippen LogP contribution in [0, 0.1) is 11.3 Å². The normalized spacial score (nSPS) is 33.2. The maximum atomic E-state index is 15.3. The first-order valence-corrected chi connectivity index (χ1v) is 25.2. The number of ether oxygens (including phenoxy) is 4. The fourth-order valence-corrected chi connectivity index (χ4v) is 14.4. The highest BCUT2D eigenvalue weighted by atomic mass is 16.6. The number of anilines is 1. The Balaban J connectivity index is 1.15. The highest BCUT2D eigenvalue weighted by Gasteiger charge is 2.79. The predicted molar refractivity (Wildman–Crippen MR) is 268 cm³/mol. The first-order valence-electron chi connectivity index (χ1n) is 25.2. The highest BCUT2D eigenvalue weighted by molar-refractivity contribution is 5.91. The number of aromatic nitrogens is 3. The number of piperidine rings is 1. The van der Waals surface area contributed by atoms with E-state index >= 15 is 4.79 Å². The zero-order chi connectivity index (χ0) is 51.8. The Kier molecular flexibility index (Phi) is 13.0. The van der Waals surface area contributed by atoms with Gasteiger partial charge in [0.25, 0.3) is 11.5 Å². The van der Waals surface area contributed by atoms with Gasteiger partial charge in [0.05, 0.1) is 37.3 Å². The Labute approximate surface area is 421 Å². The standard InChI is InChI=1S/C53H66N8O12/c1-7-49(68)24-32-25-52(73-31(3)63,43-35(14-19-59(27-32)30-49)34-12-9-10-13-38(34)55-43)37-22-36-39(23-40(37)71-6)58(4)45-51(36)17-21-60-18-11-16-50(8-2,44(51)60)46(65)53(45,69)47(66)57-54-26-42(72-33(28-62)29-70-5)61-20-15-41(64)56-48(61)67/h9-13,15-16,20,22-23,26,28,32-33,42,44-46,55,65,68-69H,7-8,14,17-19,21,24-25,27,29-30H2,1-6H3,(H,57,66)(H,56,64,67)/b54-26+/t32-,33-,42+,44?,45?,46+,49-,50+,51?,52-,53-/m0/s1. The predicted octanol–water partition coefficient (Wildman–Crippen LogP) is 1.98. The molecule has 2 aromatic heterocycles. The SMILES string of the molecule is CC[C@]1(O)C[C@@H]2CN(CCc3c([nH]c4ccccc34)[C@@](OC(C)=O)(c3cc4c(cc3OC)N(C)C3C45CCN4CC=C[C@](CC)(C45)[C@@H](O)[C@]3(O)C(=O)N/N=C/[C@@H](O[C@@H](C=O)COC)n3ccc(=O)[nH]c3=O)C2)C1. The maximum Gasteiger partial charge on any atom is 0.330 e. The second-order valence-electron chi connectivity index (χ2n) is 21.0. The van der Waals surface area contributed by atoms with Gasteiger partial charge in [-0.2, -0.15) is 5.10 Å². The number of carbonyl (C=O) groups is 3. The molecule has 0 radical (unpaired) electrons. The summed E-state index contributed by atoms with van der Waals surface area (Å²) < 4.78 is 25.2. The van der Waals surface area contributed by atoms with E-state index in [0.29, 0.717) is 100 Å². The number of aliphatic hydroxyl groups excluding tert-OH is 1. The molecule has 10 rings (SSSR count). The minimum atomic E-state index is -2.60. The van der Waals surface area contributed by atoms with Crippen LogP contribution in [-0.2, 0) is 46.0 Å². The number of aldehydes is 1.